The predicted molar refractivity (Wildman–Crippen MR) is 245 cm³/mol. The lowest BCUT2D eigenvalue weighted by Crippen LogP contribution is -2.46. The molecule has 322 valence electrons. The lowest BCUT2D eigenvalue weighted by molar-refractivity contribution is -0.151. The molecule has 0 saturated carbocycles. The molecule has 0 aliphatic rings. The minimum atomic E-state index is -0.819. The lowest BCUT2D eigenvalue weighted by atomic mass is 10.0. The Morgan fingerprint density at radius 1 is 0.544 bits per heavy atom. The van der Waals surface area contributed by atoms with Crippen LogP contribution in [0, 0.1) is 0 Å². The van der Waals surface area contributed by atoms with Gasteiger partial charge in [-0.05, 0) is 77.0 Å². The van der Waals surface area contributed by atoms with E-state index in [1.165, 1.54) is 44.9 Å². The highest BCUT2D eigenvalue weighted by Crippen LogP contribution is 2.15. The first-order valence-electron chi connectivity index (χ1n) is 22.7. The largest absolute Gasteiger partial charge is 0.462 e. The Morgan fingerprint density at radius 2 is 1.04 bits per heavy atom. The highest BCUT2D eigenvalue weighted by atomic mass is 16.5. The van der Waals surface area contributed by atoms with Crippen molar-refractivity contribution in [1.29, 1.82) is 0 Å². The normalized spacial score (nSPS) is 14.4. The Hall–Kier alpha value is -3.48. The third-order valence-electron chi connectivity index (χ3n) is 9.44. The van der Waals surface area contributed by atoms with E-state index in [1.54, 1.807) is 0 Å². The number of carbonyl (C=O) groups is 2. The number of esters is 1. The van der Waals surface area contributed by atoms with E-state index in [2.05, 4.69) is 99.0 Å². The van der Waals surface area contributed by atoms with Gasteiger partial charge >= 0.3 is 5.97 Å². The van der Waals surface area contributed by atoms with Gasteiger partial charge in [0.15, 0.2) is 0 Å². The number of rotatable bonds is 38. The number of allylic oxidation sites excluding steroid dienone is 18. The fourth-order valence-electron chi connectivity index (χ4n) is 6.07. The summed E-state index contributed by atoms with van der Waals surface area (Å²) in [5.41, 5.74) is 0. The minimum Gasteiger partial charge on any atom is -0.462 e. The maximum absolute atomic E-state index is 13.1. The Kier molecular flexibility index (Phi) is 41.0. The first-order valence-corrected chi connectivity index (χ1v) is 22.7. The molecule has 6 heteroatoms. The van der Waals surface area contributed by atoms with Gasteiger partial charge in [0.05, 0.1) is 25.2 Å². The summed E-state index contributed by atoms with van der Waals surface area (Å²) in [4.78, 5) is 25.9. The van der Waals surface area contributed by atoms with Gasteiger partial charge in [-0.1, -0.05) is 194 Å². The van der Waals surface area contributed by atoms with Crippen LogP contribution in [0.15, 0.2) is 109 Å². The van der Waals surface area contributed by atoms with Crippen molar-refractivity contribution < 1.29 is 24.5 Å². The molecule has 0 aliphatic heterocycles. The molecule has 1 amide bonds. The summed E-state index contributed by atoms with van der Waals surface area (Å²) < 4.78 is 5.83. The van der Waals surface area contributed by atoms with Crippen LogP contribution < -0.4 is 5.32 Å². The summed E-state index contributed by atoms with van der Waals surface area (Å²) in [7, 11) is 0. The van der Waals surface area contributed by atoms with Gasteiger partial charge in [0.1, 0.15) is 6.10 Å². The molecular formula is C51H83NO5. The maximum atomic E-state index is 13.1. The third-order valence-corrected chi connectivity index (χ3v) is 9.44. The number of amides is 1. The second-order valence-electron chi connectivity index (χ2n) is 14.8. The van der Waals surface area contributed by atoms with Crippen LogP contribution in [0.25, 0.3) is 0 Å². The van der Waals surface area contributed by atoms with E-state index in [0.717, 1.165) is 77.0 Å². The van der Waals surface area contributed by atoms with Crippen LogP contribution >= 0.6 is 0 Å². The van der Waals surface area contributed by atoms with Crippen molar-refractivity contribution in [2.75, 3.05) is 6.61 Å². The average Bonchev–Trinajstić information content (AvgIpc) is 3.20. The molecule has 3 atom stereocenters. The number of aliphatic hydroxyl groups is 2. The predicted octanol–water partition coefficient (Wildman–Crippen LogP) is 13.2. The second kappa shape index (κ2) is 43.6. The van der Waals surface area contributed by atoms with Gasteiger partial charge in [-0.25, -0.2) is 0 Å². The monoisotopic (exact) mass is 790 g/mol. The fourth-order valence-corrected chi connectivity index (χ4v) is 6.07. The molecule has 0 aliphatic carbocycles. The van der Waals surface area contributed by atoms with E-state index in [-0.39, 0.29) is 31.3 Å². The molecule has 0 aromatic heterocycles. The molecule has 0 rings (SSSR count). The standard InChI is InChI=1S/C51H83NO5/c1-4-7-10-13-16-19-22-23-24-25-26-27-29-32-35-38-41-44-51(56)57-47(42-39-36-33-30-28-20-17-14-11-8-5-2)45-50(55)52-48(46-53)49(54)43-40-37-34-31-21-18-15-12-9-6-3/h7-8,10-11,14,16-17,19-20,23-24,26-28,30,32-33,35,47-49,53-54H,4-6,9,12-13,15,18,21-22,25,29,31,34,36-46H2,1-3H3,(H,52,55)/b10-7-,11-8+,17-14+,19-16-,24-23-,27-26-,28-20-,33-30-,35-32-. The van der Waals surface area contributed by atoms with Crippen molar-refractivity contribution in [2.24, 2.45) is 0 Å². The Bertz CT molecular complexity index is 1200. The number of hydrogen-bond acceptors (Lipinski definition) is 5. The van der Waals surface area contributed by atoms with Crippen molar-refractivity contribution in [3.8, 4) is 0 Å². The molecule has 3 N–H and O–H groups in total. The van der Waals surface area contributed by atoms with E-state index in [4.69, 9.17) is 4.74 Å². The summed E-state index contributed by atoms with van der Waals surface area (Å²) in [6, 6.07) is -0.739. The molecule has 0 aromatic carbocycles. The molecule has 3 unspecified atom stereocenters. The highest BCUT2D eigenvalue weighted by Gasteiger charge is 2.23. The summed E-state index contributed by atoms with van der Waals surface area (Å²) in [5.74, 6) is -0.627. The lowest BCUT2D eigenvalue weighted by Gasteiger charge is -2.24. The van der Waals surface area contributed by atoms with Gasteiger partial charge in [-0.15, -0.1) is 0 Å². The molecule has 6 nitrogen and oxygen atoms in total. The number of carbonyl (C=O) groups excluding carboxylic acids is 2. The van der Waals surface area contributed by atoms with Gasteiger partial charge in [0, 0.05) is 6.42 Å². The Balaban J connectivity index is 4.78. The number of ether oxygens (including phenoxy) is 1. The summed E-state index contributed by atoms with van der Waals surface area (Å²) in [5, 5.41) is 23.6. The third kappa shape index (κ3) is 39.1. The van der Waals surface area contributed by atoms with Crippen molar-refractivity contribution in [1.82, 2.24) is 5.32 Å². The summed E-state index contributed by atoms with van der Waals surface area (Å²) in [6.45, 7) is 6.15. The van der Waals surface area contributed by atoms with E-state index >= 15 is 0 Å². The van der Waals surface area contributed by atoms with Crippen molar-refractivity contribution in [3.05, 3.63) is 109 Å². The smallest absolute Gasteiger partial charge is 0.306 e. The number of hydrogen-bond donors (Lipinski definition) is 3. The zero-order chi connectivity index (χ0) is 41.7. The SMILES string of the molecule is CC/C=C\C/C=C\C/C=C\C/C=C\C/C=C\CCCC(=O)OC(CCC\C=C/C=C\C=C\C=C\CC)CC(=O)NC(CO)C(O)CCCCCCCCCCCC. The fraction of sp³-hybridized carbons (Fsp3) is 0.608. The van der Waals surface area contributed by atoms with Crippen molar-refractivity contribution in [3.63, 3.8) is 0 Å². The zero-order valence-electron chi connectivity index (χ0n) is 36.4. The summed E-state index contributed by atoms with van der Waals surface area (Å²) >= 11 is 0. The molecular weight excluding hydrogens is 707 g/mol. The van der Waals surface area contributed by atoms with Crippen LogP contribution in [0.5, 0.6) is 0 Å². The van der Waals surface area contributed by atoms with Crippen LogP contribution in [0.3, 0.4) is 0 Å². The molecule has 0 saturated heterocycles. The number of aliphatic hydroxyl groups excluding tert-OH is 2. The maximum Gasteiger partial charge on any atom is 0.306 e. The average molecular weight is 790 g/mol. The molecule has 0 radical (unpaired) electrons. The number of nitrogens with one attached hydrogen (secondary N) is 1. The molecule has 57 heavy (non-hydrogen) atoms. The first kappa shape index (κ1) is 53.5. The minimum absolute atomic E-state index is 0.00166. The van der Waals surface area contributed by atoms with Crippen LogP contribution in [-0.2, 0) is 14.3 Å². The van der Waals surface area contributed by atoms with Crippen molar-refractivity contribution >= 4 is 11.9 Å². The quantitative estimate of drug-likeness (QED) is 0.0251. The van der Waals surface area contributed by atoms with Gasteiger partial charge < -0.3 is 20.3 Å². The topological polar surface area (TPSA) is 95.9 Å². The van der Waals surface area contributed by atoms with E-state index in [1.807, 2.05) is 36.5 Å². The van der Waals surface area contributed by atoms with Gasteiger partial charge in [0.2, 0.25) is 5.91 Å². The second-order valence-corrected chi connectivity index (χ2v) is 14.8. The first-order chi connectivity index (χ1) is 28.0. The van der Waals surface area contributed by atoms with E-state index in [9.17, 15) is 19.8 Å². The van der Waals surface area contributed by atoms with E-state index in [0.29, 0.717) is 19.3 Å². The molecule has 0 fully saturated rings. The Morgan fingerprint density at radius 3 is 1.60 bits per heavy atom. The molecule has 0 spiro atoms. The zero-order valence-corrected chi connectivity index (χ0v) is 36.4. The van der Waals surface area contributed by atoms with E-state index < -0.39 is 18.2 Å². The summed E-state index contributed by atoms with van der Waals surface area (Å²) in [6.07, 6.45) is 58.7. The molecule has 0 aromatic rings. The van der Waals surface area contributed by atoms with Gasteiger partial charge in [-0.3, -0.25) is 9.59 Å². The van der Waals surface area contributed by atoms with Crippen LogP contribution in [0.2, 0.25) is 0 Å². The van der Waals surface area contributed by atoms with Crippen molar-refractivity contribution in [2.45, 2.75) is 193 Å². The van der Waals surface area contributed by atoms with Crippen LogP contribution in [0.4, 0.5) is 0 Å². The van der Waals surface area contributed by atoms with Gasteiger partial charge in [0.25, 0.3) is 0 Å². The molecule has 0 bridgehead atoms. The Labute approximate surface area is 349 Å². The highest BCUT2D eigenvalue weighted by molar-refractivity contribution is 5.77. The molecule has 0 heterocycles. The van der Waals surface area contributed by atoms with Gasteiger partial charge in [-0.2, -0.15) is 0 Å². The number of unbranched alkanes of at least 4 members (excludes halogenated alkanes) is 11. The van der Waals surface area contributed by atoms with Crippen LogP contribution in [-0.4, -0.2) is 46.9 Å². The van der Waals surface area contributed by atoms with Crippen LogP contribution in [0.1, 0.15) is 175 Å².